The van der Waals surface area contributed by atoms with Crippen molar-refractivity contribution in [3.63, 3.8) is 0 Å². The van der Waals surface area contributed by atoms with E-state index in [1.165, 1.54) is 11.8 Å². The number of benzene rings is 2. The molecule has 2 aromatic carbocycles. The lowest BCUT2D eigenvalue weighted by atomic mass is 10.3. The number of hydrogen-bond donors (Lipinski definition) is 0. The van der Waals surface area contributed by atoms with Crippen LogP contribution >= 0.6 is 43.6 Å². The highest BCUT2D eigenvalue weighted by molar-refractivity contribution is 9.09. The fourth-order valence-electron chi connectivity index (χ4n) is 1.83. The number of alkyl halides is 2. The van der Waals surface area contributed by atoms with Crippen molar-refractivity contribution in [2.75, 3.05) is 22.2 Å². The Kier molecular flexibility index (Phi) is 8.47. The van der Waals surface area contributed by atoms with E-state index < -0.39 is 20.2 Å². The van der Waals surface area contributed by atoms with Crippen molar-refractivity contribution in [1.82, 2.24) is 0 Å². The predicted octanol–water partition coefficient (Wildman–Crippen LogP) is 4.04. The molecule has 0 atom stereocenters. The number of hydrogen-bond acceptors (Lipinski definition) is 7. The van der Waals surface area contributed by atoms with Crippen LogP contribution < -0.4 is 8.37 Å². The standard InChI is InChI=1S/C16H16Br2O6S3/c17-9-11-26(19,20)23-13-1-5-15(6-2-13)25-16-7-3-14(4-8-16)24-27(21,22)12-10-18/h1-8H,9-12H2. The van der Waals surface area contributed by atoms with E-state index in [1.54, 1.807) is 48.5 Å². The second-order valence-electron chi connectivity index (χ2n) is 5.11. The predicted molar refractivity (Wildman–Crippen MR) is 113 cm³/mol. The molecule has 0 aliphatic carbocycles. The molecule has 27 heavy (non-hydrogen) atoms. The van der Waals surface area contributed by atoms with Gasteiger partial charge in [-0.3, -0.25) is 0 Å². The largest absolute Gasteiger partial charge is 0.382 e. The quantitative estimate of drug-likeness (QED) is 0.320. The summed E-state index contributed by atoms with van der Waals surface area (Å²) in [6, 6.07) is 13.3. The molecule has 11 heteroatoms. The second kappa shape index (κ2) is 10.1. The van der Waals surface area contributed by atoms with Crippen LogP contribution in [0, 0.1) is 0 Å². The molecule has 148 valence electrons. The molecule has 0 saturated carbocycles. The van der Waals surface area contributed by atoms with Crippen LogP contribution in [0.4, 0.5) is 0 Å². The molecule has 0 unspecified atom stereocenters. The van der Waals surface area contributed by atoms with Gasteiger partial charge in [-0.05, 0) is 48.5 Å². The molecule has 0 saturated heterocycles. The zero-order valence-corrected chi connectivity index (χ0v) is 19.5. The second-order valence-corrected chi connectivity index (χ2v) is 11.2. The van der Waals surface area contributed by atoms with Crippen LogP contribution in [-0.2, 0) is 20.2 Å². The maximum absolute atomic E-state index is 11.6. The third kappa shape index (κ3) is 8.02. The average Bonchev–Trinajstić information content (AvgIpc) is 2.57. The maximum atomic E-state index is 11.6. The van der Waals surface area contributed by atoms with E-state index in [9.17, 15) is 16.8 Å². The molecule has 0 fully saturated rings. The van der Waals surface area contributed by atoms with Crippen molar-refractivity contribution in [1.29, 1.82) is 0 Å². The Bertz CT molecular complexity index is 863. The van der Waals surface area contributed by atoms with Gasteiger partial charge in [-0.2, -0.15) is 16.8 Å². The van der Waals surface area contributed by atoms with Gasteiger partial charge < -0.3 is 8.37 Å². The van der Waals surface area contributed by atoms with E-state index in [1.807, 2.05) is 0 Å². The summed E-state index contributed by atoms with van der Waals surface area (Å²) in [7, 11) is -7.20. The van der Waals surface area contributed by atoms with Gasteiger partial charge >= 0.3 is 20.2 Å². The Morgan fingerprint density at radius 1 is 0.667 bits per heavy atom. The first kappa shape index (κ1) is 22.5. The van der Waals surface area contributed by atoms with Gasteiger partial charge in [-0.25, -0.2) is 0 Å². The molecule has 2 rings (SSSR count). The molecule has 0 N–H and O–H groups in total. The van der Waals surface area contributed by atoms with Crippen LogP contribution in [0.5, 0.6) is 11.5 Å². The van der Waals surface area contributed by atoms with Crippen LogP contribution in [-0.4, -0.2) is 39.0 Å². The van der Waals surface area contributed by atoms with Crippen molar-refractivity contribution in [3.8, 4) is 11.5 Å². The molecular weight excluding hydrogens is 544 g/mol. The monoisotopic (exact) mass is 558 g/mol. The summed E-state index contributed by atoms with van der Waals surface area (Å²) >= 11 is 7.57. The fourth-order valence-corrected chi connectivity index (χ4v) is 6.38. The molecule has 0 aliphatic rings. The van der Waals surface area contributed by atoms with Gasteiger partial charge in [0.2, 0.25) is 0 Å². The lowest BCUT2D eigenvalue weighted by molar-refractivity contribution is 0.486. The Morgan fingerprint density at radius 2 is 1.00 bits per heavy atom. The van der Waals surface area contributed by atoms with Crippen molar-refractivity contribution < 1.29 is 25.2 Å². The SMILES string of the molecule is O=S(=O)(CCBr)Oc1ccc(Sc2ccc(OS(=O)(=O)CCBr)cc2)cc1. The highest BCUT2D eigenvalue weighted by Gasteiger charge is 2.13. The molecule has 6 nitrogen and oxygen atoms in total. The normalized spacial score (nSPS) is 11.9. The summed E-state index contributed by atoms with van der Waals surface area (Å²) in [5, 5.41) is 0.612. The van der Waals surface area contributed by atoms with Crippen molar-refractivity contribution in [3.05, 3.63) is 48.5 Å². The van der Waals surface area contributed by atoms with Crippen LogP contribution in [0.3, 0.4) is 0 Å². The molecule has 0 spiro atoms. The third-order valence-corrected chi connectivity index (χ3v) is 8.14. The van der Waals surface area contributed by atoms with Crippen LogP contribution in [0.15, 0.2) is 58.3 Å². The van der Waals surface area contributed by atoms with Gasteiger partial charge in [0.05, 0.1) is 11.5 Å². The summed E-state index contributed by atoms with van der Waals surface area (Å²) in [5.74, 6) is 0.286. The van der Waals surface area contributed by atoms with Gasteiger partial charge in [-0.1, -0.05) is 43.6 Å². The van der Waals surface area contributed by atoms with Gasteiger partial charge in [0.15, 0.2) is 0 Å². The summed E-state index contributed by atoms with van der Waals surface area (Å²) in [5.41, 5.74) is 0. The van der Waals surface area contributed by atoms with Crippen molar-refractivity contribution in [2.45, 2.75) is 9.79 Å². The number of halogens is 2. The first-order chi connectivity index (χ1) is 12.7. The first-order valence-electron chi connectivity index (χ1n) is 7.57. The highest BCUT2D eigenvalue weighted by atomic mass is 79.9. The van der Waals surface area contributed by atoms with Crippen molar-refractivity contribution >= 4 is 63.9 Å². The molecule has 2 aromatic rings. The van der Waals surface area contributed by atoms with E-state index in [0.29, 0.717) is 10.7 Å². The molecule has 0 aromatic heterocycles. The maximum Gasteiger partial charge on any atom is 0.310 e. The zero-order chi connectivity index (χ0) is 19.9. The summed E-state index contributed by atoms with van der Waals surface area (Å²) in [6.45, 7) is 0. The number of rotatable bonds is 10. The Morgan fingerprint density at radius 3 is 1.30 bits per heavy atom. The lowest BCUT2D eigenvalue weighted by Crippen LogP contribution is -2.14. The highest BCUT2D eigenvalue weighted by Crippen LogP contribution is 2.30. The minimum atomic E-state index is -3.60. The minimum Gasteiger partial charge on any atom is -0.382 e. The van der Waals surface area contributed by atoms with Gasteiger partial charge in [0.25, 0.3) is 0 Å². The smallest absolute Gasteiger partial charge is 0.310 e. The van der Waals surface area contributed by atoms with Gasteiger partial charge in [-0.15, -0.1) is 0 Å². The average molecular weight is 560 g/mol. The van der Waals surface area contributed by atoms with E-state index in [2.05, 4.69) is 31.9 Å². The fraction of sp³-hybridized carbons (Fsp3) is 0.250. The van der Waals surface area contributed by atoms with E-state index in [-0.39, 0.29) is 23.0 Å². The zero-order valence-electron chi connectivity index (χ0n) is 13.9. The Balaban J connectivity index is 1.99. The lowest BCUT2D eigenvalue weighted by Gasteiger charge is -2.08. The Hall–Kier alpha value is -0.750. The molecule has 0 aliphatic heterocycles. The Labute approximate surface area is 180 Å². The summed E-state index contributed by atoms with van der Waals surface area (Å²) < 4.78 is 56.5. The molecule has 0 radical (unpaired) electrons. The third-order valence-electron chi connectivity index (χ3n) is 2.98. The summed E-state index contributed by atoms with van der Waals surface area (Å²) in [6.07, 6.45) is 0. The topological polar surface area (TPSA) is 86.7 Å². The van der Waals surface area contributed by atoms with Crippen molar-refractivity contribution in [2.24, 2.45) is 0 Å². The molecular formula is C16H16Br2O6S3. The van der Waals surface area contributed by atoms with Crippen LogP contribution in [0.2, 0.25) is 0 Å². The molecule has 0 heterocycles. The summed E-state index contributed by atoms with van der Waals surface area (Å²) in [4.78, 5) is 1.75. The minimum absolute atomic E-state index is 0.108. The van der Waals surface area contributed by atoms with Gasteiger partial charge in [0.1, 0.15) is 11.5 Å². The van der Waals surface area contributed by atoms with Crippen LogP contribution in [0.1, 0.15) is 0 Å². The first-order valence-corrected chi connectivity index (χ1v) is 13.8. The molecule has 0 amide bonds. The van der Waals surface area contributed by atoms with E-state index in [4.69, 9.17) is 8.37 Å². The van der Waals surface area contributed by atoms with E-state index in [0.717, 1.165) is 9.79 Å². The van der Waals surface area contributed by atoms with Gasteiger partial charge in [0, 0.05) is 20.5 Å². The molecule has 0 bridgehead atoms. The van der Waals surface area contributed by atoms with E-state index >= 15 is 0 Å². The van der Waals surface area contributed by atoms with Crippen LogP contribution in [0.25, 0.3) is 0 Å².